The number of aliphatic hydroxyl groups is 1. The molecule has 1 aromatic carbocycles. The molecule has 5 heteroatoms. The second-order valence-electron chi connectivity index (χ2n) is 6.71. The van der Waals surface area contributed by atoms with Crippen LogP contribution < -0.4 is 5.32 Å². The number of nitrogens with zero attached hydrogens (tertiary/aromatic N) is 1. The molecule has 134 valence electrons. The molecule has 1 aromatic heterocycles. The van der Waals surface area contributed by atoms with Crippen molar-refractivity contribution < 1.29 is 9.90 Å². The first kappa shape index (κ1) is 18.1. The third-order valence-electron chi connectivity index (χ3n) is 4.86. The molecule has 25 heavy (non-hydrogen) atoms. The van der Waals surface area contributed by atoms with E-state index in [2.05, 4.69) is 36.2 Å². The number of aryl methyl sites for hydroxylation is 2. The highest BCUT2D eigenvalue weighted by Gasteiger charge is 2.31. The van der Waals surface area contributed by atoms with Crippen LogP contribution in [-0.4, -0.2) is 41.1 Å². The topological polar surface area (TPSA) is 52.6 Å². The zero-order chi connectivity index (χ0) is 17.8. The van der Waals surface area contributed by atoms with Crippen LogP contribution in [0.1, 0.15) is 39.0 Å². The van der Waals surface area contributed by atoms with E-state index in [4.69, 9.17) is 0 Å². The number of benzene rings is 1. The third kappa shape index (κ3) is 4.48. The third-order valence-corrected chi connectivity index (χ3v) is 5.95. The number of hydrogen-bond donors (Lipinski definition) is 2. The number of carbonyl (C=O) groups is 1. The fourth-order valence-corrected chi connectivity index (χ4v) is 4.49. The van der Waals surface area contributed by atoms with Gasteiger partial charge in [-0.05, 0) is 37.0 Å². The van der Waals surface area contributed by atoms with Gasteiger partial charge in [0, 0.05) is 30.6 Å². The second kappa shape index (κ2) is 8.13. The number of thiophene rings is 1. The zero-order valence-electron chi connectivity index (χ0n) is 14.9. The Hall–Kier alpha value is -1.69. The molecule has 1 aliphatic heterocycles. The van der Waals surface area contributed by atoms with Crippen molar-refractivity contribution in [3.8, 4) is 0 Å². The first-order valence-electron chi connectivity index (χ1n) is 8.90. The van der Waals surface area contributed by atoms with E-state index in [-0.39, 0.29) is 18.1 Å². The van der Waals surface area contributed by atoms with Crippen molar-refractivity contribution in [3.05, 3.63) is 57.3 Å². The molecule has 1 fully saturated rings. The normalized spacial score (nSPS) is 20.8. The van der Waals surface area contributed by atoms with Crippen LogP contribution in [0.4, 0.5) is 0 Å². The molecule has 3 rings (SSSR count). The predicted molar refractivity (Wildman–Crippen MR) is 102 cm³/mol. The van der Waals surface area contributed by atoms with E-state index in [1.807, 2.05) is 24.3 Å². The number of nitrogens with one attached hydrogen (secondary N) is 1. The Kier molecular flexibility index (Phi) is 5.89. The molecule has 2 atom stereocenters. The highest BCUT2D eigenvalue weighted by molar-refractivity contribution is 7.14. The number of aliphatic hydroxyl groups excluding tert-OH is 1. The molecule has 0 bridgehead atoms. The van der Waals surface area contributed by atoms with Crippen LogP contribution >= 0.6 is 11.3 Å². The van der Waals surface area contributed by atoms with Gasteiger partial charge in [0.2, 0.25) is 0 Å². The largest absolute Gasteiger partial charge is 0.392 e. The summed E-state index contributed by atoms with van der Waals surface area (Å²) in [6.07, 6.45) is 1.34. The van der Waals surface area contributed by atoms with Crippen LogP contribution in [0.15, 0.2) is 36.4 Å². The lowest BCUT2D eigenvalue weighted by Crippen LogP contribution is -2.39. The van der Waals surface area contributed by atoms with Crippen molar-refractivity contribution in [2.45, 2.75) is 45.4 Å². The van der Waals surface area contributed by atoms with E-state index < -0.39 is 0 Å². The summed E-state index contributed by atoms with van der Waals surface area (Å²) in [6.45, 7) is 6.21. The molecule has 4 nitrogen and oxygen atoms in total. The Labute approximate surface area is 153 Å². The fraction of sp³-hybridized carbons (Fsp3) is 0.450. The molecular weight excluding hydrogens is 332 g/mol. The quantitative estimate of drug-likeness (QED) is 0.835. The van der Waals surface area contributed by atoms with E-state index in [0.29, 0.717) is 19.5 Å². The van der Waals surface area contributed by atoms with E-state index in [1.165, 1.54) is 16.0 Å². The molecule has 0 unspecified atom stereocenters. The summed E-state index contributed by atoms with van der Waals surface area (Å²) in [5, 5.41) is 13.1. The summed E-state index contributed by atoms with van der Waals surface area (Å²) in [5.41, 5.74) is 2.48. The van der Waals surface area contributed by atoms with Gasteiger partial charge in [-0.3, -0.25) is 9.69 Å². The molecule has 0 radical (unpaired) electrons. The Morgan fingerprint density at radius 3 is 2.80 bits per heavy atom. The van der Waals surface area contributed by atoms with Crippen LogP contribution in [-0.2, 0) is 13.0 Å². The number of β-amino-alcohol motifs (C(OH)–C–C–N with tert-alkyl or cyclic N) is 1. The van der Waals surface area contributed by atoms with Gasteiger partial charge in [-0.15, -0.1) is 11.3 Å². The van der Waals surface area contributed by atoms with E-state index in [1.54, 1.807) is 11.3 Å². The average Bonchev–Trinajstić information content (AvgIpc) is 3.15. The van der Waals surface area contributed by atoms with Gasteiger partial charge in [0.25, 0.3) is 5.91 Å². The lowest BCUT2D eigenvalue weighted by atomic mass is 10.1. The maximum atomic E-state index is 12.4. The van der Waals surface area contributed by atoms with Crippen molar-refractivity contribution >= 4 is 17.2 Å². The van der Waals surface area contributed by atoms with Crippen molar-refractivity contribution in [2.75, 3.05) is 13.1 Å². The van der Waals surface area contributed by atoms with Crippen molar-refractivity contribution in [1.29, 1.82) is 0 Å². The van der Waals surface area contributed by atoms with Crippen LogP contribution in [0, 0.1) is 6.92 Å². The highest BCUT2D eigenvalue weighted by atomic mass is 32.1. The van der Waals surface area contributed by atoms with E-state index in [0.717, 1.165) is 17.8 Å². The lowest BCUT2D eigenvalue weighted by Gasteiger charge is -2.24. The Bertz CT molecular complexity index is 714. The van der Waals surface area contributed by atoms with Gasteiger partial charge in [0.15, 0.2) is 0 Å². The minimum absolute atomic E-state index is 0.00569. The number of hydrogen-bond acceptors (Lipinski definition) is 4. The summed E-state index contributed by atoms with van der Waals surface area (Å²) in [5.74, 6) is -0.00569. The molecule has 0 spiro atoms. The van der Waals surface area contributed by atoms with Crippen molar-refractivity contribution in [2.24, 2.45) is 0 Å². The standard InChI is InChI=1S/C20H26N2O2S/c1-3-16-9-19(25-14(16)2)20(24)21-11-17-10-18(23)13-22(17)12-15-7-5-4-6-8-15/h4-9,17-18,23H,3,10-13H2,1-2H3,(H,21,24)/t17-,18-/m0/s1. The molecule has 1 saturated heterocycles. The Balaban J connectivity index is 1.59. The van der Waals surface area contributed by atoms with Gasteiger partial charge < -0.3 is 10.4 Å². The smallest absolute Gasteiger partial charge is 0.261 e. The maximum absolute atomic E-state index is 12.4. The molecule has 1 amide bonds. The summed E-state index contributed by atoms with van der Waals surface area (Å²) in [6, 6.07) is 12.4. The van der Waals surface area contributed by atoms with Crippen molar-refractivity contribution in [3.63, 3.8) is 0 Å². The van der Waals surface area contributed by atoms with Crippen LogP contribution in [0.25, 0.3) is 0 Å². The fourth-order valence-electron chi connectivity index (χ4n) is 3.46. The molecule has 2 heterocycles. The number of likely N-dealkylation sites (tertiary alicyclic amines) is 1. The van der Waals surface area contributed by atoms with Gasteiger partial charge in [-0.2, -0.15) is 0 Å². The molecule has 0 aliphatic carbocycles. The number of carbonyl (C=O) groups excluding carboxylic acids is 1. The van der Waals surface area contributed by atoms with Crippen LogP contribution in [0.2, 0.25) is 0 Å². The van der Waals surface area contributed by atoms with Gasteiger partial charge in [-0.25, -0.2) is 0 Å². The zero-order valence-corrected chi connectivity index (χ0v) is 15.7. The van der Waals surface area contributed by atoms with Gasteiger partial charge in [0.05, 0.1) is 11.0 Å². The van der Waals surface area contributed by atoms with Gasteiger partial charge in [0.1, 0.15) is 0 Å². The average molecular weight is 359 g/mol. The van der Waals surface area contributed by atoms with Crippen LogP contribution in [0.3, 0.4) is 0 Å². The summed E-state index contributed by atoms with van der Waals surface area (Å²) >= 11 is 1.56. The molecule has 2 N–H and O–H groups in total. The highest BCUT2D eigenvalue weighted by Crippen LogP contribution is 2.23. The monoisotopic (exact) mass is 358 g/mol. The predicted octanol–water partition coefficient (Wildman–Crippen LogP) is 2.98. The van der Waals surface area contributed by atoms with Crippen molar-refractivity contribution in [1.82, 2.24) is 10.2 Å². The minimum Gasteiger partial charge on any atom is -0.392 e. The minimum atomic E-state index is -0.318. The SMILES string of the molecule is CCc1cc(C(=O)NC[C@@H]2C[C@H](O)CN2Cc2ccccc2)sc1C. The van der Waals surface area contributed by atoms with E-state index >= 15 is 0 Å². The second-order valence-corrected chi connectivity index (χ2v) is 7.97. The molecule has 1 aliphatic rings. The number of rotatable bonds is 6. The molecule has 2 aromatic rings. The molecule has 0 saturated carbocycles. The maximum Gasteiger partial charge on any atom is 0.261 e. The van der Waals surface area contributed by atoms with E-state index in [9.17, 15) is 9.90 Å². The first-order valence-corrected chi connectivity index (χ1v) is 9.72. The van der Waals surface area contributed by atoms with Crippen LogP contribution in [0.5, 0.6) is 0 Å². The van der Waals surface area contributed by atoms with Gasteiger partial charge >= 0.3 is 0 Å². The lowest BCUT2D eigenvalue weighted by molar-refractivity contribution is 0.0944. The first-order chi connectivity index (χ1) is 12.1. The Morgan fingerprint density at radius 1 is 1.36 bits per heavy atom. The Morgan fingerprint density at radius 2 is 2.12 bits per heavy atom. The summed E-state index contributed by atoms with van der Waals surface area (Å²) in [7, 11) is 0. The summed E-state index contributed by atoms with van der Waals surface area (Å²) < 4.78 is 0. The molecular formula is C20H26N2O2S. The van der Waals surface area contributed by atoms with Gasteiger partial charge in [-0.1, -0.05) is 37.3 Å². The number of amides is 1. The summed E-state index contributed by atoms with van der Waals surface area (Å²) in [4.78, 5) is 16.7.